The number of ether oxygens (including phenoxy) is 1. The summed E-state index contributed by atoms with van der Waals surface area (Å²) >= 11 is 0. The highest BCUT2D eigenvalue weighted by atomic mass is 16.5. The molecule has 0 radical (unpaired) electrons. The van der Waals surface area contributed by atoms with Gasteiger partial charge in [0, 0.05) is 31.7 Å². The summed E-state index contributed by atoms with van der Waals surface area (Å²) in [5.41, 5.74) is 4.16. The van der Waals surface area contributed by atoms with Crippen molar-refractivity contribution in [1.82, 2.24) is 19.9 Å². The highest BCUT2D eigenvalue weighted by Gasteiger charge is 2.26. The number of aryl methyl sites for hydroxylation is 2. The van der Waals surface area contributed by atoms with E-state index in [1.165, 1.54) is 11.1 Å². The molecule has 0 fully saturated rings. The first-order chi connectivity index (χ1) is 13.7. The standard InChI is InChI=1S/C21H24N4O3/c1-3-20-23-21(24-28-20)16-6-7-18-14(10-16)4-5-15(18)11-19(26)17-12-22-25(13-17)8-9-27-2/h6-7,10,12-13,15H,3-5,8-9,11H2,1-2H3/t15-/m0/s1. The van der Waals surface area contributed by atoms with Gasteiger partial charge >= 0.3 is 0 Å². The molecule has 0 amide bonds. The van der Waals surface area contributed by atoms with Gasteiger partial charge in [-0.15, -0.1) is 0 Å². The third-order valence-electron chi connectivity index (χ3n) is 5.29. The Labute approximate surface area is 163 Å². The smallest absolute Gasteiger partial charge is 0.226 e. The Morgan fingerprint density at radius 3 is 3.07 bits per heavy atom. The van der Waals surface area contributed by atoms with Crippen LogP contribution in [-0.2, 0) is 24.1 Å². The molecule has 0 saturated carbocycles. The number of rotatable bonds is 8. The summed E-state index contributed by atoms with van der Waals surface area (Å²) in [6, 6.07) is 6.27. The first-order valence-corrected chi connectivity index (χ1v) is 9.68. The van der Waals surface area contributed by atoms with Crippen molar-refractivity contribution in [3.05, 3.63) is 53.2 Å². The van der Waals surface area contributed by atoms with Crippen molar-refractivity contribution in [2.45, 2.75) is 45.1 Å². The third kappa shape index (κ3) is 3.75. The molecule has 4 rings (SSSR count). The maximum atomic E-state index is 12.7. The topological polar surface area (TPSA) is 83.0 Å². The molecular formula is C21H24N4O3. The van der Waals surface area contributed by atoms with E-state index in [9.17, 15) is 4.79 Å². The fourth-order valence-corrected chi connectivity index (χ4v) is 3.73. The van der Waals surface area contributed by atoms with Crippen molar-refractivity contribution in [2.24, 2.45) is 0 Å². The van der Waals surface area contributed by atoms with Crippen LogP contribution in [-0.4, -0.2) is 39.4 Å². The average Bonchev–Trinajstić information content (AvgIpc) is 3.45. The van der Waals surface area contributed by atoms with Gasteiger partial charge in [0.25, 0.3) is 0 Å². The number of aromatic nitrogens is 4. The first kappa shape index (κ1) is 18.6. The molecule has 2 aromatic heterocycles. The minimum absolute atomic E-state index is 0.136. The summed E-state index contributed by atoms with van der Waals surface area (Å²) in [6.07, 6.45) is 6.64. The number of ketones is 1. The Balaban J connectivity index is 1.45. The van der Waals surface area contributed by atoms with Gasteiger partial charge in [0.2, 0.25) is 11.7 Å². The van der Waals surface area contributed by atoms with Crippen LogP contribution in [0.15, 0.2) is 35.1 Å². The fraction of sp³-hybridized carbons (Fsp3) is 0.429. The number of carbonyl (C=O) groups is 1. The summed E-state index contributed by atoms with van der Waals surface area (Å²) in [4.78, 5) is 17.1. The molecule has 0 aliphatic heterocycles. The number of carbonyl (C=O) groups excluding carboxylic acids is 1. The third-order valence-corrected chi connectivity index (χ3v) is 5.29. The first-order valence-electron chi connectivity index (χ1n) is 9.68. The lowest BCUT2D eigenvalue weighted by atomic mass is 9.93. The quantitative estimate of drug-likeness (QED) is 0.557. The number of hydrogen-bond donors (Lipinski definition) is 0. The zero-order valence-electron chi connectivity index (χ0n) is 16.2. The van der Waals surface area contributed by atoms with Crippen LogP contribution in [0, 0.1) is 0 Å². The molecule has 0 spiro atoms. The van der Waals surface area contributed by atoms with Gasteiger partial charge in [0.05, 0.1) is 24.9 Å². The molecule has 1 aliphatic carbocycles. The Kier molecular flexibility index (Phi) is 5.34. The van der Waals surface area contributed by atoms with E-state index in [1.807, 2.05) is 19.2 Å². The number of hydrogen-bond acceptors (Lipinski definition) is 6. The molecule has 7 nitrogen and oxygen atoms in total. The van der Waals surface area contributed by atoms with Crippen LogP contribution in [0.25, 0.3) is 11.4 Å². The lowest BCUT2D eigenvalue weighted by Crippen LogP contribution is -2.06. The lowest BCUT2D eigenvalue weighted by Gasteiger charge is -2.10. The summed E-state index contributed by atoms with van der Waals surface area (Å²) in [6.45, 7) is 3.21. The van der Waals surface area contributed by atoms with Crippen molar-refractivity contribution in [1.29, 1.82) is 0 Å². The van der Waals surface area contributed by atoms with Crippen LogP contribution >= 0.6 is 0 Å². The molecule has 0 unspecified atom stereocenters. The molecule has 7 heteroatoms. The van der Waals surface area contributed by atoms with E-state index < -0.39 is 0 Å². The average molecular weight is 380 g/mol. The maximum Gasteiger partial charge on any atom is 0.226 e. The Morgan fingerprint density at radius 2 is 2.29 bits per heavy atom. The van der Waals surface area contributed by atoms with Crippen molar-refractivity contribution in [3.8, 4) is 11.4 Å². The minimum Gasteiger partial charge on any atom is -0.383 e. The van der Waals surface area contributed by atoms with Crippen LogP contribution < -0.4 is 0 Å². The van der Waals surface area contributed by atoms with E-state index >= 15 is 0 Å². The van der Waals surface area contributed by atoms with Crippen LogP contribution in [0.2, 0.25) is 0 Å². The SMILES string of the molecule is CCc1nc(-c2ccc3c(c2)CC[C@H]3CC(=O)c2cnn(CCOC)c2)no1. The van der Waals surface area contributed by atoms with Crippen LogP contribution in [0.1, 0.15) is 53.1 Å². The highest BCUT2D eigenvalue weighted by molar-refractivity contribution is 5.96. The second kappa shape index (κ2) is 8.06. The summed E-state index contributed by atoms with van der Waals surface area (Å²) in [5.74, 6) is 1.65. The largest absolute Gasteiger partial charge is 0.383 e. The van der Waals surface area contributed by atoms with Gasteiger partial charge in [-0.1, -0.05) is 24.2 Å². The van der Waals surface area contributed by atoms with E-state index in [0.717, 1.165) is 24.8 Å². The summed E-state index contributed by atoms with van der Waals surface area (Å²) in [7, 11) is 1.65. The summed E-state index contributed by atoms with van der Waals surface area (Å²) < 4.78 is 12.0. The van der Waals surface area contributed by atoms with E-state index in [2.05, 4.69) is 27.4 Å². The second-order valence-electron chi connectivity index (χ2n) is 7.13. The molecule has 1 aliphatic rings. The number of nitrogens with zero attached hydrogens (tertiary/aromatic N) is 4. The van der Waals surface area contributed by atoms with Crippen molar-refractivity contribution < 1.29 is 14.1 Å². The fourth-order valence-electron chi connectivity index (χ4n) is 3.73. The zero-order valence-corrected chi connectivity index (χ0v) is 16.2. The van der Waals surface area contributed by atoms with Gasteiger partial charge in [-0.05, 0) is 36.0 Å². The molecule has 0 bridgehead atoms. The van der Waals surface area contributed by atoms with E-state index in [-0.39, 0.29) is 11.7 Å². The van der Waals surface area contributed by atoms with Crippen LogP contribution in [0.3, 0.4) is 0 Å². The molecule has 0 N–H and O–H groups in total. The van der Waals surface area contributed by atoms with E-state index in [1.54, 1.807) is 18.0 Å². The molecule has 1 atom stereocenters. The molecule has 146 valence electrons. The molecule has 28 heavy (non-hydrogen) atoms. The normalized spacial score (nSPS) is 15.7. The molecule has 0 saturated heterocycles. The van der Waals surface area contributed by atoms with Crippen LogP contribution in [0.5, 0.6) is 0 Å². The molecular weight excluding hydrogens is 356 g/mol. The van der Waals surface area contributed by atoms with Crippen molar-refractivity contribution >= 4 is 5.78 Å². The molecule has 2 heterocycles. The van der Waals surface area contributed by atoms with Gasteiger partial charge in [-0.2, -0.15) is 10.1 Å². The number of methoxy groups -OCH3 is 1. The number of Topliss-reactive ketones (excluding diaryl/α,β-unsaturated/α-hetero) is 1. The number of benzene rings is 1. The van der Waals surface area contributed by atoms with Crippen molar-refractivity contribution in [3.63, 3.8) is 0 Å². The zero-order chi connectivity index (χ0) is 19.5. The molecule has 1 aromatic carbocycles. The molecule has 3 aromatic rings. The Bertz CT molecular complexity index is 976. The van der Waals surface area contributed by atoms with Gasteiger partial charge in [-0.25, -0.2) is 0 Å². The van der Waals surface area contributed by atoms with Gasteiger partial charge in [0.1, 0.15) is 0 Å². The van der Waals surface area contributed by atoms with E-state index in [0.29, 0.717) is 36.9 Å². The lowest BCUT2D eigenvalue weighted by molar-refractivity contribution is 0.0973. The van der Waals surface area contributed by atoms with Gasteiger partial charge < -0.3 is 9.26 Å². The minimum atomic E-state index is 0.136. The van der Waals surface area contributed by atoms with E-state index in [4.69, 9.17) is 9.26 Å². The highest BCUT2D eigenvalue weighted by Crippen LogP contribution is 2.38. The summed E-state index contributed by atoms with van der Waals surface area (Å²) in [5, 5.41) is 8.30. The van der Waals surface area contributed by atoms with Gasteiger partial charge in [0.15, 0.2) is 5.78 Å². The maximum absolute atomic E-state index is 12.7. The Hall–Kier alpha value is -2.80. The predicted octanol–water partition coefficient (Wildman–Crippen LogP) is 3.44. The Morgan fingerprint density at radius 1 is 1.39 bits per heavy atom. The van der Waals surface area contributed by atoms with Crippen LogP contribution in [0.4, 0.5) is 0 Å². The predicted molar refractivity (Wildman–Crippen MR) is 103 cm³/mol. The second-order valence-corrected chi connectivity index (χ2v) is 7.13. The monoisotopic (exact) mass is 380 g/mol. The van der Waals surface area contributed by atoms with Gasteiger partial charge in [-0.3, -0.25) is 9.48 Å². The van der Waals surface area contributed by atoms with Crippen molar-refractivity contribution in [2.75, 3.05) is 13.7 Å². The number of fused-ring (bicyclic) bond motifs is 1.